The standard InChI is InChI=1S/C22H26N6O/c1-26(12-8-18-3-2-11-23-15-18)20-9-13-27(14-10-20)22(29)19-4-6-21(7-5-19)28-17-24-16-25-28/h2-7,11,15-17,20H,8-10,12-14H2,1H3. The van der Waals surface area contributed by atoms with Crippen molar-refractivity contribution in [2.75, 3.05) is 26.7 Å². The molecule has 1 fully saturated rings. The lowest BCUT2D eigenvalue weighted by atomic mass is 10.0. The summed E-state index contributed by atoms with van der Waals surface area (Å²) in [5.74, 6) is 0.103. The van der Waals surface area contributed by atoms with E-state index in [9.17, 15) is 4.79 Å². The molecule has 0 N–H and O–H groups in total. The zero-order chi connectivity index (χ0) is 20.1. The minimum absolute atomic E-state index is 0.103. The van der Waals surface area contributed by atoms with Gasteiger partial charge in [-0.15, -0.1) is 0 Å². The first kappa shape index (κ1) is 19.3. The van der Waals surface area contributed by atoms with E-state index in [2.05, 4.69) is 33.1 Å². The molecule has 0 atom stereocenters. The summed E-state index contributed by atoms with van der Waals surface area (Å²) in [6, 6.07) is 12.2. The largest absolute Gasteiger partial charge is 0.339 e. The Morgan fingerprint density at radius 2 is 1.93 bits per heavy atom. The predicted octanol–water partition coefficient (Wildman–Crippen LogP) is 2.44. The average Bonchev–Trinajstić information content (AvgIpc) is 3.33. The van der Waals surface area contributed by atoms with Crippen molar-refractivity contribution in [1.82, 2.24) is 29.5 Å². The van der Waals surface area contributed by atoms with Gasteiger partial charge in [0.15, 0.2) is 0 Å². The maximum atomic E-state index is 12.9. The number of likely N-dealkylation sites (tertiary alicyclic amines) is 1. The third-order valence-corrected chi connectivity index (χ3v) is 5.65. The number of rotatable bonds is 6. The van der Waals surface area contributed by atoms with Gasteiger partial charge < -0.3 is 9.80 Å². The number of pyridine rings is 1. The molecule has 150 valence electrons. The van der Waals surface area contributed by atoms with Gasteiger partial charge in [-0.3, -0.25) is 9.78 Å². The monoisotopic (exact) mass is 390 g/mol. The summed E-state index contributed by atoms with van der Waals surface area (Å²) in [6.07, 6.45) is 9.90. The molecule has 0 bridgehead atoms. The van der Waals surface area contributed by atoms with Crippen molar-refractivity contribution in [3.05, 3.63) is 72.6 Å². The Hall–Kier alpha value is -3.06. The Morgan fingerprint density at radius 1 is 1.14 bits per heavy atom. The van der Waals surface area contributed by atoms with E-state index in [1.165, 1.54) is 11.9 Å². The van der Waals surface area contributed by atoms with Crippen LogP contribution in [0.25, 0.3) is 5.69 Å². The molecule has 0 radical (unpaired) electrons. The normalized spacial score (nSPS) is 15.0. The molecule has 1 amide bonds. The lowest BCUT2D eigenvalue weighted by Crippen LogP contribution is -2.46. The molecule has 1 aromatic carbocycles. The predicted molar refractivity (Wildman–Crippen MR) is 111 cm³/mol. The van der Waals surface area contributed by atoms with Crippen molar-refractivity contribution in [3.8, 4) is 5.69 Å². The molecular weight excluding hydrogens is 364 g/mol. The number of aromatic nitrogens is 4. The third-order valence-electron chi connectivity index (χ3n) is 5.65. The van der Waals surface area contributed by atoms with Crippen LogP contribution >= 0.6 is 0 Å². The highest BCUT2D eigenvalue weighted by molar-refractivity contribution is 5.94. The number of nitrogens with zero attached hydrogens (tertiary/aromatic N) is 6. The van der Waals surface area contributed by atoms with E-state index in [1.54, 1.807) is 11.0 Å². The Balaban J connectivity index is 1.28. The minimum atomic E-state index is 0.103. The van der Waals surface area contributed by atoms with Gasteiger partial charge in [0.05, 0.1) is 5.69 Å². The van der Waals surface area contributed by atoms with Gasteiger partial charge in [0.2, 0.25) is 0 Å². The molecule has 1 aliphatic heterocycles. The van der Waals surface area contributed by atoms with Gasteiger partial charge in [-0.1, -0.05) is 6.07 Å². The summed E-state index contributed by atoms with van der Waals surface area (Å²) >= 11 is 0. The molecule has 7 nitrogen and oxygen atoms in total. The topological polar surface area (TPSA) is 67.2 Å². The zero-order valence-electron chi connectivity index (χ0n) is 16.7. The van der Waals surface area contributed by atoms with Crippen molar-refractivity contribution in [2.45, 2.75) is 25.3 Å². The highest BCUT2D eigenvalue weighted by atomic mass is 16.2. The molecule has 0 unspecified atom stereocenters. The van der Waals surface area contributed by atoms with Crippen molar-refractivity contribution < 1.29 is 4.79 Å². The Bertz CT molecular complexity index is 902. The third kappa shape index (κ3) is 4.68. The number of carbonyl (C=O) groups excluding carboxylic acids is 1. The van der Waals surface area contributed by atoms with Gasteiger partial charge in [-0.2, -0.15) is 5.10 Å². The van der Waals surface area contributed by atoms with Crippen molar-refractivity contribution >= 4 is 5.91 Å². The summed E-state index contributed by atoms with van der Waals surface area (Å²) in [5, 5.41) is 4.11. The van der Waals surface area contributed by atoms with E-state index >= 15 is 0 Å². The van der Waals surface area contributed by atoms with Crippen LogP contribution in [0.15, 0.2) is 61.4 Å². The molecule has 2 aromatic heterocycles. The average molecular weight is 390 g/mol. The lowest BCUT2D eigenvalue weighted by molar-refractivity contribution is 0.0647. The molecule has 0 spiro atoms. The second-order valence-electron chi connectivity index (χ2n) is 7.50. The van der Waals surface area contributed by atoms with Gasteiger partial charge in [0.1, 0.15) is 12.7 Å². The number of likely N-dealkylation sites (N-methyl/N-ethyl adjacent to an activating group) is 1. The molecule has 29 heavy (non-hydrogen) atoms. The molecule has 1 saturated heterocycles. The van der Waals surface area contributed by atoms with Crippen molar-refractivity contribution in [3.63, 3.8) is 0 Å². The quantitative estimate of drug-likeness (QED) is 0.647. The van der Waals surface area contributed by atoms with E-state index in [0.29, 0.717) is 6.04 Å². The Morgan fingerprint density at radius 3 is 2.59 bits per heavy atom. The van der Waals surface area contributed by atoms with Crippen LogP contribution in [0.2, 0.25) is 0 Å². The first-order chi connectivity index (χ1) is 14.2. The van der Waals surface area contributed by atoms with Gasteiger partial charge in [-0.25, -0.2) is 9.67 Å². The van der Waals surface area contributed by atoms with E-state index < -0.39 is 0 Å². The number of hydrogen-bond donors (Lipinski definition) is 0. The van der Waals surface area contributed by atoms with Gasteiger partial charge >= 0.3 is 0 Å². The summed E-state index contributed by atoms with van der Waals surface area (Å²) in [6.45, 7) is 2.60. The van der Waals surface area contributed by atoms with Crippen LogP contribution < -0.4 is 0 Å². The van der Waals surface area contributed by atoms with Crippen LogP contribution in [0.3, 0.4) is 0 Å². The van der Waals surface area contributed by atoms with Crippen molar-refractivity contribution in [1.29, 1.82) is 0 Å². The molecular formula is C22H26N6O. The Labute approximate surface area is 171 Å². The van der Waals surface area contributed by atoms with Gasteiger partial charge in [-0.05, 0) is 62.2 Å². The van der Waals surface area contributed by atoms with Crippen LogP contribution in [-0.2, 0) is 6.42 Å². The summed E-state index contributed by atoms with van der Waals surface area (Å²) in [7, 11) is 2.18. The van der Waals surface area contributed by atoms with E-state index in [0.717, 1.165) is 50.1 Å². The maximum Gasteiger partial charge on any atom is 0.253 e. The number of carbonyl (C=O) groups is 1. The van der Waals surface area contributed by atoms with Crippen molar-refractivity contribution in [2.24, 2.45) is 0 Å². The van der Waals surface area contributed by atoms with E-state index in [1.807, 2.05) is 47.6 Å². The second kappa shape index (κ2) is 8.96. The highest BCUT2D eigenvalue weighted by Crippen LogP contribution is 2.19. The summed E-state index contributed by atoms with van der Waals surface area (Å²) in [5.41, 5.74) is 2.88. The molecule has 4 rings (SSSR count). The number of amides is 1. The second-order valence-corrected chi connectivity index (χ2v) is 7.50. The zero-order valence-corrected chi connectivity index (χ0v) is 16.7. The first-order valence-electron chi connectivity index (χ1n) is 10.0. The summed E-state index contributed by atoms with van der Waals surface area (Å²) in [4.78, 5) is 25.4. The highest BCUT2D eigenvalue weighted by Gasteiger charge is 2.25. The van der Waals surface area contributed by atoms with E-state index in [4.69, 9.17) is 0 Å². The molecule has 0 saturated carbocycles. The SMILES string of the molecule is CN(CCc1cccnc1)C1CCN(C(=O)c2ccc(-n3cncn3)cc2)CC1. The first-order valence-corrected chi connectivity index (χ1v) is 10.0. The molecule has 1 aliphatic rings. The van der Waals surface area contributed by atoms with Gasteiger partial charge in [0.25, 0.3) is 5.91 Å². The van der Waals surface area contributed by atoms with Crippen LogP contribution in [0, 0.1) is 0 Å². The maximum absolute atomic E-state index is 12.9. The fourth-order valence-corrected chi connectivity index (χ4v) is 3.82. The number of piperidine rings is 1. The number of hydrogen-bond acceptors (Lipinski definition) is 5. The van der Waals surface area contributed by atoms with E-state index in [-0.39, 0.29) is 5.91 Å². The summed E-state index contributed by atoms with van der Waals surface area (Å²) < 4.78 is 1.68. The molecule has 0 aliphatic carbocycles. The molecule has 3 aromatic rings. The fourth-order valence-electron chi connectivity index (χ4n) is 3.82. The van der Waals surface area contributed by atoms with Crippen LogP contribution in [0.1, 0.15) is 28.8 Å². The van der Waals surface area contributed by atoms with Crippen LogP contribution in [-0.4, -0.2) is 68.2 Å². The Kier molecular flexibility index (Phi) is 5.95. The fraction of sp³-hybridized carbons (Fsp3) is 0.364. The van der Waals surface area contributed by atoms with Crippen LogP contribution in [0.4, 0.5) is 0 Å². The number of benzene rings is 1. The molecule has 7 heteroatoms. The molecule has 3 heterocycles. The van der Waals surface area contributed by atoms with Crippen LogP contribution in [0.5, 0.6) is 0 Å². The van der Waals surface area contributed by atoms with Gasteiger partial charge in [0, 0.05) is 43.6 Å². The minimum Gasteiger partial charge on any atom is -0.339 e. The smallest absolute Gasteiger partial charge is 0.253 e. The lowest BCUT2D eigenvalue weighted by Gasteiger charge is -2.37.